The third-order valence-electron chi connectivity index (χ3n) is 1.87. The molecule has 0 amide bonds. The summed E-state index contributed by atoms with van der Waals surface area (Å²) in [7, 11) is 0. The molecule has 60 valence electrons. The van der Waals surface area contributed by atoms with Crippen LogP contribution in [0.3, 0.4) is 0 Å². The van der Waals surface area contributed by atoms with Gasteiger partial charge in [0.2, 0.25) is 0 Å². The zero-order valence-corrected chi connectivity index (χ0v) is 10.5. The molecule has 0 nitrogen and oxygen atoms in total. The quantitative estimate of drug-likeness (QED) is 0.466. The van der Waals surface area contributed by atoms with Gasteiger partial charge in [-0.3, -0.25) is 0 Å². The summed E-state index contributed by atoms with van der Waals surface area (Å²) in [6.45, 7) is 0. The lowest BCUT2D eigenvalue weighted by Gasteiger charge is -2.12. The highest BCUT2D eigenvalue weighted by Gasteiger charge is 2.22. The summed E-state index contributed by atoms with van der Waals surface area (Å²) < 4.78 is 0. The van der Waals surface area contributed by atoms with E-state index in [-0.39, 0.29) is 0 Å². The van der Waals surface area contributed by atoms with Gasteiger partial charge in [0.1, 0.15) is 0 Å². The first-order valence-electron chi connectivity index (χ1n) is 3.62. The Balaban J connectivity index is 2.41. The summed E-state index contributed by atoms with van der Waals surface area (Å²) in [5.74, 6) is 0. The Morgan fingerprint density at radius 1 is 0.900 bits per heavy atom. The summed E-state index contributed by atoms with van der Waals surface area (Å²) in [6, 6.07) is 0. The van der Waals surface area contributed by atoms with Gasteiger partial charge in [-0.15, -0.1) is 0 Å². The van der Waals surface area contributed by atoms with Crippen LogP contribution in [0.25, 0.3) is 0 Å². The van der Waals surface area contributed by atoms with E-state index in [4.69, 9.17) is 0 Å². The van der Waals surface area contributed by atoms with E-state index >= 15 is 0 Å². The summed E-state index contributed by atoms with van der Waals surface area (Å²) in [5.41, 5.74) is 0. The van der Waals surface area contributed by atoms with E-state index in [9.17, 15) is 0 Å². The minimum Gasteiger partial charge on any atom is -0.0890 e. The molecule has 3 unspecified atom stereocenters. The average molecular weight is 335 g/mol. The third-order valence-corrected chi connectivity index (χ3v) is 5.52. The summed E-state index contributed by atoms with van der Waals surface area (Å²) in [4.78, 5) is 2.05. The second-order valence-electron chi connectivity index (χ2n) is 2.80. The first-order chi connectivity index (χ1) is 4.70. The van der Waals surface area contributed by atoms with Crippen LogP contribution in [0.15, 0.2) is 0 Å². The highest BCUT2D eigenvalue weighted by atomic mass is 79.9. The summed E-state index contributed by atoms with van der Waals surface area (Å²) >= 11 is 11.0. The molecule has 1 fully saturated rings. The highest BCUT2D eigenvalue weighted by Crippen LogP contribution is 2.31. The Kier molecular flexibility index (Phi) is 4.25. The fourth-order valence-corrected chi connectivity index (χ4v) is 3.71. The van der Waals surface area contributed by atoms with Crippen molar-refractivity contribution in [3.05, 3.63) is 0 Å². The fourth-order valence-electron chi connectivity index (χ4n) is 1.23. The molecular weight excluding hydrogens is 324 g/mol. The van der Waals surface area contributed by atoms with Crippen molar-refractivity contribution >= 4 is 47.8 Å². The number of rotatable bonds is 0. The Morgan fingerprint density at radius 2 is 1.60 bits per heavy atom. The second kappa shape index (κ2) is 4.46. The molecule has 0 aromatic heterocycles. The Hall–Kier alpha value is 1.44. The van der Waals surface area contributed by atoms with Gasteiger partial charge >= 0.3 is 0 Å². The van der Waals surface area contributed by atoms with Crippen LogP contribution >= 0.6 is 47.8 Å². The lowest BCUT2D eigenvalue weighted by Crippen LogP contribution is -2.13. The first-order valence-corrected chi connectivity index (χ1v) is 6.37. The zero-order valence-electron chi connectivity index (χ0n) is 5.69. The molecule has 0 aromatic rings. The molecule has 10 heavy (non-hydrogen) atoms. The van der Waals surface area contributed by atoms with E-state index in [2.05, 4.69) is 47.8 Å². The van der Waals surface area contributed by atoms with Crippen molar-refractivity contribution in [3.63, 3.8) is 0 Å². The minimum atomic E-state index is 0.652. The van der Waals surface area contributed by atoms with Crippen molar-refractivity contribution in [2.45, 2.75) is 40.2 Å². The maximum atomic E-state index is 3.67. The lowest BCUT2D eigenvalue weighted by atomic mass is 10.2. The van der Waals surface area contributed by atoms with Crippen molar-refractivity contribution in [3.8, 4) is 0 Å². The largest absolute Gasteiger partial charge is 0.0890 e. The molecular formula is C7H11Br3. The number of hydrogen-bond acceptors (Lipinski definition) is 0. The summed E-state index contributed by atoms with van der Waals surface area (Å²) in [6.07, 6.45) is 5.21. The van der Waals surface area contributed by atoms with Gasteiger partial charge < -0.3 is 0 Å². The minimum absolute atomic E-state index is 0.652. The van der Waals surface area contributed by atoms with Crippen LogP contribution in [0.4, 0.5) is 0 Å². The van der Waals surface area contributed by atoms with Gasteiger partial charge in [-0.05, 0) is 19.3 Å². The number of alkyl halides is 3. The van der Waals surface area contributed by atoms with Crippen molar-refractivity contribution in [1.29, 1.82) is 0 Å². The van der Waals surface area contributed by atoms with E-state index in [1.165, 1.54) is 25.7 Å². The number of hydrogen-bond donors (Lipinski definition) is 0. The van der Waals surface area contributed by atoms with Crippen molar-refractivity contribution in [1.82, 2.24) is 0 Å². The maximum Gasteiger partial charge on any atom is 0.0281 e. The van der Waals surface area contributed by atoms with Crippen LogP contribution < -0.4 is 0 Å². The highest BCUT2D eigenvalue weighted by molar-refractivity contribution is 9.12. The molecule has 0 heterocycles. The van der Waals surface area contributed by atoms with Gasteiger partial charge in [0.15, 0.2) is 0 Å². The van der Waals surface area contributed by atoms with Crippen LogP contribution in [0.5, 0.6) is 0 Å². The third kappa shape index (κ3) is 2.82. The van der Waals surface area contributed by atoms with E-state index < -0.39 is 0 Å². The molecule has 0 radical (unpaired) electrons. The molecule has 0 spiro atoms. The molecule has 0 bridgehead atoms. The van der Waals surface area contributed by atoms with Crippen molar-refractivity contribution in [2.24, 2.45) is 0 Å². The monoisotopic (exact) mass is 332 g/mol. The van der Waals surface area contributed by atoms with E-state index in [0.717, 1.165) is 4.83 Å². The van der Waals surface area contributed by atoms with Gasteiger partial charge in [0.05, 0.1) is 0 Å². The molecule has 3 atom stereocenters. The molecule has 0 aliphatic heterocycles. The summed E-state index contributed by atoms with van der Waals surface area (Å²) in [5, 5.41) is 0. The SMILES string of the molecule is BrC1CCCC(Br)C(Br)C1. The topological polar surface area (TPSA) is 0 Å². The van der Waals surface area contributed by atoms with Crippen LogP contribution in [0.2, 0.25) is 0 Å². The predicted octanol–water partition coefficient (Wildman–Crippen LogP) is 3.85. The second-order valence-corrected chi connectivity index (χ2v) is 6.44. The van der Waals surface area contributed by atoms with Crippen molar-refractivity contribution < 1.29 is 0 Å². The first kappa shape index (κ1) is 9.53. The molecule has 1 rings (SSSR count). The van der Waals surface area contributed by atoms with E-state index in [0.29, 0.717) is 9.65 Å². The van der Waals surface area contributed by atoms with Crippen LogP contribution in [0.1, 0.15) is 25.7 Å². The fraction of sp³-hybridized carbons (Fsp3) is 1.00. The Bertz CT molecular complexity index is 105. The molecule has 3 heteroatoms. The molecule has 0 aromatic carbocycles. The van der Waals surface area contributed by atoms with Gasteiger partial charge in [0, 0.05) is 14.5 Å². The van der Waals surface area contributed by atoms with Crippen LogP contribution in [-0.2, 0) is 0 Å². The molecule has 0 N–H and O–H groups in total. The van der Waals surface area contributed by atoms with Gasteiger partial charge in [-0.2, -0.15) is 0 Å². The molecule has 0 saturated heterocycles. The number of halogens is 3. The molecule has 1 aliphatic rings. The molecule has 1 saturated carbocycles. The van der Waals surface area contributed by atoms with Crippen molar-refractivity contribution in [2.75, 3.05) is 0 Å². The smallest absolute Gasteiger partial charge is 0.0281 e. The van der Waals surface area contributed by atoms with Crippen LogP contribution in [0, 0.1) is 0 Å². The Morgan fingerprint density at radius 3 is 2.30 bits per heavy atom. The van der Waals surface area contributed by atoms with Crippen LogP contribution in [-0.4, -0.2) is 14.5 Å². The van der Waals surface area contributed by atoms with Gasteiger partial charge in [-0.25, -0.2) is 0 Å². The standard InChI is InChI=1S/C7H11Br3/c8-5-2-1-3-6(9)7(10)4-5/h5-7H,1-4H2. The predicted molar refractivity (Wildman–Crippen MR) is 56.6 cm³/mol. The Labute approximate surface area is 87.5 Å². The van der Waals surface area contributed by atoms with E-state index in [1.54, 1.807) is 0 Å². The van der Waals surface area contributed by atoms with Gasteiger partial charge in [-0.1, -0.05) is 54.2 Å². The maximum absolute atomic E-state index is 3.67. The molecule has 1 aliphatic carbocycles. The average Bonchev–Trinajstić information content (AvgIpc) is 1.96. The van der Waals surface area contributed by atoms with E-state index in [1.807, 2.05) is 0 Å². The lowest BCUT2D eigenvalue weighted by molar-refractivity contribution is 0.725. The normalized spacial score (nSPS) is 42.9. The zero-order chi connectivity index (χ0) is 7.56. The van der Waals surface area contributed by atoms with Gasteiger partial charge in [0.25, 0.3) is 0 Å².